The molecule has 0 aliphatic carbocycles. The summed E-state index contributed by atoms with van der Waals surface area (Å²) in [5.41, 5.74) is 6.66. The predicted octanol–water partition coefficient (Wildman–Crippen LogP) is 5.27. The summed E-state index contributed by atoms with van der Waals surface area (Å²) in [4.78, 5) is 0. The quantitative estimate of drug-likeness (QED) is 0.696. The van der Waals surface area contributed by atoms with Crippen molar-refractivity contribution in [1.82, 2.24) is 0 Å². The topological polar surface area (TPSA) is 0 Å². The van der Waals surface area contributed by atoms with Gasteiger partial charge in [0.2, 0.25) is 0 Å². The number of hydrogen-bond acceptors (Lipinski definition) is 0. The summed E-state index contributed by atoms with van der Waals surface area (Å²) in [6.45, 7) is 12.9. The molecule has 98 valence electrons. The lowest BCUT2D eigenvalue weighted by molar-refractivity contribution is 0.631. The molecule has 0 heterocycles. The molecule has 0 N–H and O–H groups in total. The predicted molar refractivity (Wildman–Crippen MR) is 84.6 cm³/mol. The Kier molecular flexibility index (Phi) is 3.61. The first-order valence-corrected chi connectivity index (χ1v) is 6.77. The maximum absolute atomic E-state index is 3.91. The Morgan fingerprint density at radius 2 is 1.53 bits per heavy atom. The third kappa shape index (κ3) is 2.35. The van der Waals surface area contributed by atoms with Gasteiger partial charge in [0.25, 0.3) is 0 Å². The fourth-order valence-corrected chi connectivity index (χ4v) is 2.97. The lowest BCUT2D eigenvalue weighted by atomic mass is 9.74. The minimum atomic E-state index is 0.00838. The second kappa shape index (κ2) is 5.05. The van der Waals surface area contributed by atoms with Crippen LogP contribution in [0.5, 0.6) is 0 Å². The summed E-state index contributed by atoms with van der Waals surface area (Å²) in [5, 5.41) is 0. The van der Waals surface area contributed by atoms with Crippen LogP contribution in [0.25, 0.3) is 6.08 Å². The van der Waals surface area contributed by atoms with E-state index in [0.29, 0.717) is 0 Å². The van der Waals surface area contributed by atoms with Crippen LogP contribution in [0, 0.1) is 13.8 Å². The SMILES string of the molecule is C=Cc1cccc(C(C)(C)c2ccccc2C)c1C. The van der Waals surface area contributed by atoms with Gasteiger partial charge < -0.3 is 0 Å². The fourth-order valence-electron chi connectivity index (χ4n) is 2.97. The van der Waals surface area contributed by atoms with Crippen LogP contribution in [-0.4, -0.2) is 0 Å². The molecule has 0 unspecified atom stereocenters. The molecule has 19 heavy (non-hydrogen) atoms. The van der Waals surface area contributed by atoms with E-state index < -0.39 is 0 Å². The average molecular weight is 250 g/mol. The Morgan fingerprint density at radius 1 is 0.895 bits per heavy atom. The van der Waals surface area contributed by atoms with Crippen molar-refractivity contribution < 1.29 is 0 Å². The van der Waals surface area contributed by atoms with Crippen LogP contribution in [0.4, 0.5) is 0 Å². The van der Waals surface area contributed by atoms with E-state index in [2.05, 4.69) is 76.7 Å². The van der Waals surface area contributed by atoms with E-state index in [1.165, 1.54) is 27.8 Å². The van der Waals surface area contributed by atoms with E-state index >= 15 is 0 Å². The Hall–Kier alpha value is -1.82. The smallest absolute Gasteiger partial charge is 0.0152 e. The largest absolute Gasteiger partial charge is 0.0985 e. The Labute approximate surface area is 116 Å². The van der Waals surface area contributed by atoms with Gasteiger partial charge in [-0.25, -0.2) is 0 Å². The summed E-state index contributed by atoms with van der Waals surface area (Å²) in [6, 6.07) is 15.1. The molecule has 0 saturated carbocycles. The Bertz CT molecular complexity index is 603. The number of hydrogen-bond donors (Lipinski definition) is 0. The van der Waals surface area contributed by atoms with Crippen molar-refractivity contribution >= 4 is 6.08 Å². The normalized spacial score (nSPS) is 11.4. The van der Waals surface area contributed by atoms with Crippen molar-refractivity contribution in [2.45, 2.75) is 33.1 Å². The van der Waals surface area contributed by atoms with E-state index in [4.69, 9.17) is 0 Å². The molecule has 0 radical (unpaired) electrons. The van der Waals surface area contributed by atoms with E-state index in [-0.39, 0.29) is 5.41 Å². The highest BCUT2D eigenvalue weighted by Crippen LogP contribution is 2.36. The van der Waals surface area contributed by atoms with Crippen molar-refractivity contribution in [3.8, 4) is 0 Å². The third-order valence-corrected chi connectivity index (χ3v) is 4.09. The molecular formula is C19H22. The first kappa shape index (κ1) is 13.6. The van der Waals surface area contributed by atoms with Gasteiger partial charge in [-0.1, -0.05) is 69.0 Å². The molecule has 2 aromatic carbocycles. The summed E-state index contributed by atoms with van der Waals surface area (Å²) in [5.74, 6) is 0. The summed E-state index contributed by atoms with van der Waals surface area (Å²) < 4.78 is 0. The lowest BCUT2D eigenvalue weighted by Crippen LogP contribution is -2.21. The van der Waals surface area contributed by atoms with Crippen molar-refractivity contribution in [3.63, 3.8) is 0 Å². The molecular weight excluding hydrogens is 228 g/mol. The van der Waals surface area contributed by atoms with Gasteiger partial charge in [0, 0.05) is 5.41 Å². The van der Waals surface area contributed by atoms with Crippen molar-refractivity contribution in [2.75, 3.05) is 0 Å². The molecule has 2 rings (SSSR count). The van der Waals surface area contributed by atoms with Crippen LogP contribution in [0.1, 0.15) is 41.7 Å². The standard InChI is InChI=1S/C19H22/c1-6-16-11-9-13-18(15(16)3)19(4,5)17-12-8-7-10-14(17)2/h6-13H,1H2,2-5H3. The molecule has 0 aromatic heterocycles. The number of rotatable bonds is 3. The van der Waals surface area contributed by atoms with Crippen molar-refractivity contribution in [1.29, 1.82) is 0 Å². The number of benzene rings is 2. The fraction of sp³-hybridized carbons (Fsp3) is 0.263. The zero-order chi connectivity index (χ0) is 14.0. The monoisotopic (exact) mass is 250 g/mol. The maximum Gasteiger partial charge on any atom is 0.0152 e. The maximum atomic E-state index is 3.91. The van der Waals surface area contributed by atoms with Gasteiger partial charge in [-0.3, -0.25) is 0 Å². The summed E-state index contributed by atoms with van der Waals surface area (Å²) in [7, 11) is 0. The van der Waals surface area contributed by atoms with Crippen LogP contribution in [0.3, 0.4) is 0 Å². The van der Waals surface area contributed by atoms with Crippen molar-refractivity contribution in [3.05, 3.63) is 76.9 Å². The lowest BCUT2D eigenvalue weighted by Gasteiger charge is -2.30. The van der Waals surface area contributed by atoms with Crippen molar-refractivity contribution in [2.24, 2.45) is 0 Å². The summed E-state index contributed by atoms with van der Waals surface area (Å²) in [6.07, 6.45) is 1.94. The van der Waals surface area contributed by atoms with Gasteiger partial charge in [0.05, 0.1) is 0 Å². The molecule has 0 aliphatic rings. The van der Waals surface area contributed by atoms with Gasteiger partial charge in [-0.2, -0.15) is 0 Å². The molecule has 0 nitrogen and oxygen atoms in total. The molecule has 0 saturated heterocycles. The van der Waals surface area contributed by atoms with Gasteiger partial charge in [0.1, 0.15) is 0 Å². The van der Waals surface area contributed by atoms with Gasteiger partial charge in [-0.15, -0.1) is 0 Å². The average Bonchev–Trinajstić information content (AvgIpc) is 2.39. The second-order valence-corrected chi connectivity index (χ2v) is 5.66. The molecule has 0 atom stereocenters. The van der Waals surface area contributed by atoms with Crippen LogP contribution in [0.2, 0.25) is 0 Å². The Balaban J connectivity index is 2.63. The van der Waals surface area contributed by atoms with E-state index in [9.17, 15) is 0 Å². The van der Waals surface area contributed by atoms with Gasteiger partial charge in [0.15, 0.2) is 0 Å². The zero-order valence-electron chi connectivity index (χ0n) is 12.3. The first-order chi connectivity index (χ1) is 8.98. The minimum absolute atomic E-state index is 0.00838. The van der Waals surface area contributed by atoms with E-state index in [0.717, 1.165) is 0 Å². The molecule has 0 bridgehead atoms. The first-order valence-electron chi connectivity index (χ1n) is 6.77. The highest BCUT2D eigenvalue weighted by Gasteiger charge is 2.26. The molecule has 0 aliphatic heterocycles. The molecule has 0 spiro atoms. The Morgan fingerprint density at radius 3 is 2.16 bits per heavy atom. The third-order valence-electron chi connectivity index (χ3n) is 4.09. The zero-order valence-corrected chi connectivity index (χ0v) is 12.3. The highest BCUT2D eigenvalue weighted by molar-refractivity contribution is 5.57. The molecule has 0 amide bonds. The van der Waals surface area contributed by atoms with Gasteiger partial charge in [-0.05, 0) is 41.7 Å². The van der Waals surface area contributed by atoms with Crippen LogP contribution >= 0.6 is 0 Å². The molecule has 2 aromatic rings. The molecule has 0 heteroatoms. The summed E-state index contributed by atoms with van der Waals surface area (Å²) >= 11 is 0. The van der Waals surface area contributed by atoms with Crippen LogP contribution in [-0.2, 0) is 5.41 Å². The number of aryl methyl sites for hydroxylation is 1. The van der Waals surface area contributed by atoms with Crippen LogP contribution in [0.15, 0.2) is 49.0 Å². The second-order valence-electron chi connectivity index (χ2n) is 5.66. The van der Waals surface area contributed by atoms with Gasteiger partial charge >= 0.3 is 0 Å². The van der Waals surface area contributed by atoms with E-state index in [1.54, 1.807) is 0 Å². The minimum Gasteiger partial charge on any atom is -0.0985 e. The van der Waals surface area contributed by atoms with Crippen LogP contribution < -0.4 is 0 Å². The van der Waals surface area contributed by atoms with E-state index in [1.807, 2.05) is 6.08 Å². The molecule has 0 fully saturated rings. The highest BCUT2D eigenvalue weighted by atomic mass is 14.3.